The van der Waals surface area contributed by atoms with Crippen molar-refractivity contribution in [1.29, 1.82) is 5.26 Å². The Kier molecular flexibility index (Phi) is 6.87. The first kappa shape index (κ1) is 17.7. The first-order valence-corrected chi connectivity index (χ1v) is 7.81. The third-order valence-corrected chi connectivity index (χ3v) is 4.29. The van der Waals surface area contributed by atoms with E-state index in [1.807, 2.05) is 37.4 Å². The van der Waals surface area contributed by atoms with Crippen molar-refractivity contribution in [3.05, 3.63) is 35.9 Å². The minimum atomic E-state index is -0.604. The second-order valence-electron chi connectivity index (χ2n) is 6.34. The molecule has 21 heavy (non-hydrogen) atoms. The molecule has 0 aliphatic rings. The molecule has 0 spiro atoms. The van der Waals surface area contributed by atoms with E-state index >= 15 is 0 Å². The molecule has 1 N–H and O–H groups in total. The van der Waals surface area contributed by atoms with Crippen molar-refractivity contribution in [2.24, 2.45) is 5.92 Å². The van der Waals surface area contributed by atoms with Gasteiger partial charge in [-0.15, -0.1) is 0 Å². The average molecular weight is 287 g/mol. The molecule has 2 unspecified atom stereocenters. The van der Waals surface area contributed by atoms with Gasteiger partial charge in [-0.1, -0.05) is 44.2 Å². The van der Waals surface area contributed by atoms with Crippen LogP contribution in [0.25, 0.3) is 0 Å². The highest BCUT2D eigenvalue weighted by atomic mass is 15.1. The van der Waals surface area contributed by atoms with Gasteiger partial charge in [0.2, 0.25) is 0 Å². The van der Waals surface area contributed by atoms with Crippen LogP contribution >= 0.6 is 0 Å². The maximum absolute atomic E-state index is 9.70. The Morgan fingerprint density at radius 3 is 2.33 bits per heavy atom. The smallest absolute Gasteiger partial charge is 0.133 e. The molecule has 3 nitrogen and oxygen atoms in total. The second-order valence-corrected chi connectivity index (χ2v) is 6.34. The lowest BCUT2D eigenvalue weighted by molar-refractivity contribution is 0.208. The largest absolute Gasteiger partial charge is 0.304 e. The summed E-state index contributed by atoms with van der Waals surface area (Å²) < 4.78 is 0. The molecule has 0 saturated carbocycles. The summed E-state index contributed by atoms with van der Waals surface area (Å²) in [4.78, 5) is 2.35. The summed E-state index contributed by atoms with van der Waals surface area (Å²) >= 11 is 0. The lowest BCUT2D eigenvalue weighted by Crippen LogP contribution is -2.43. The minimum absolute atomic E-state index is 0.536. The molecular formula is C18H29N3. The predicted molar refractivity (Wildman–Crippen MR) is 89.0 cm³/mol. The van der Waals surface area contributed by atoms with Crippen molar-refractivity contribution in [2.45, 2.75) is 45.2 Å². The third kappa shape index (κ3) is 4.84. The molecule has 0 amide bonds. The summed E-state index contributed by atoms with van der Waals surface area (Å²) in [6.45, 7) is 7.66. The van der Waals surface area contributed by atoms with Crippen LogP contribution in [0.3, 0.4) is 0 Å². The minimum Gasteiger partial charge on any atom is -0.304 e. The highest BCUT2D eigenvalue weighted by Crippen LogP contribution is 2.24. The number of hydrogen-bond acceptors (Lipinski definition) is 3. The summed E-state index contributed by atoms with van der Waals surface area (Å²) in [7, 11) is 4.02. The number of nitrogens with zero attached hydrogens (tertiary/aromatic N) is 2. The SMILES string of the molecule is CNC(C#N)(CCN(C)C(C)CC(C)C)c1ccccc1. The van der Waals surface area contributed by atoms with Crippen LogP contribution in [0.1, 0.15) is 39.2 Å². The molecule has 0 aliphatic heterocycles. The maximum atomic E-state index is 9.70. The lowest BCUT2D eigenvalue weighted by atomic mass is 9.87. The van der Waals surface area contributed by atoms with E-state index in [0.717, 1.165) is 18.5 Å². The topological polar surface area (TPSA) is 39.1 Å². The van der Waals surface area contributed by atoms with Gasteiger partial charge in [-0.05, 0) is 45.3 Å². The van der Waals surface area contributed by atoms with Gasteiger partial charge in [-0.2, -0.15) is 5.26 Å². The average Bonchev–Trinajstić information content (AvgIpc) is 2.49. The van der Waals surface area contributed by atoms with Gasteiger partial charge in [0.05, 0.1) is 6.07 Å². The Bertz CT molecular complexity index is 449. The normalized spacial score (nSPS) is 15.7. The molecule has 0 heterocycles. The molecule has 0 bridgehead atoms. The van der Waals surface area contributed by atoms with E-state index in [2.05, 4.69) is 44.1 Å². The molecule has 0 radical (unpaired) electrons. The zero-order valence-corrected chi connectivity index (χ0v) is 14.1. The molecule has 1 aromatic rings. The summed E-state index contributed by atoms with van der Waals surface area (Å²) in [5.41, 5.74) is 0.437. The molecule has 0 aromatic heterocycles. The van der Waals surface area contributed by atoms with Crippen molar-refractivity contribution >= 4 is 0 Å². The molecule has 1 aromatic carbocycles. The van der Waals surface area contributed by atoms with E-state index in [-0.39, 0.29) is 0 Å². The van der Waals surface area contributed by atoms with E-state index in [4.69, 9.17) is 0 Å². The van der Waals surface area contributed by atoms with Crippen molar-refractivity contribution in [2.75, 3.05) is 20.6 Å². The van der Waals surface area contributed by atoms with Crippen molar-refractivity contribution < 1.29 is 0 Å². The van der Waals surface area contributed by atoms with Gasteiger partial charge >= 0.3 is 0 Å². The molecule has 1 rings (SSSR count). The van der Waals surface area contributed by atoms with Crippen LogP contribution < -0.4 is 5.32 Å². The summed E-state index contributed by atoms with van der Waals surface area (Å²) in [6.07, 6.45) is 1.96. The fourth-order valence-electron chi connectivity index (χ4n) is 2.74. The van der Waals surface area contributed by atoms with Gasteiger partial charge in [-0.3, -0.25) is 5.32 Å². The predicted octanol–water partition coefficient (Wildman–Crippen LogP) is 3.38. The van der Waals surface area contributed by atoms with Crippen LogP contribution in [0, 0.1) is 17.2 Å². The van der Waals surface area contributed by atoms with Crippen molar-refractivity contribution in [1.82, 2.24) is 10.2 Å². The third-order valence-electron chi connectivity index (χ3n) is 4.29. The number of hydrogen-bond donors (Lipinski definition) is 1. The molecule has 0 aliphatic carbocycles. The zero-order chi connectivity index (χ0) is 15.9. The van der Waals surface area contributed by atoms with Gasteiger partial charge in [0, 0.05) is 12.6 Å². The Hall–Kier alpha value is -1.37. The number of nitrogens with one attached hydrogen (secondary N) is 1. The monoisotopic (exact) mass is 287 g/mol. The van der Waals surface area contributed by atoms with Gasteiger partial charge in [0.25, 0.3) is 0 Å². The Labute approximate surface area is 130 Å². The summed E-state index contributed by atoms with van der Waals surface area (Å²) in [5, 5.41) is 12.9. The molecule has 3 heteroatoms. The Balaban J connectivity index is 2.75. The molecule has 0 saturated heterocycles. The van der Waals surface area contributed by atoms with E-state index in [1.54, 1.807) is 0 Å². The lowest BCUT2D eigenvalue weighted by Gasteiger charge is -2.32. The van der Waals surface area contributed by atoms with Gasteiger partial charge in [0.15, 0.2) is 0 Å². The first-order chi connectivity index (χ1) is 9.95. The highest BCUT2D eigenvalue weighted by molar-refractivity contribution is 5.31. The van der Waals surface area contributed by atoms with Crippen LogP contribution in [0.4, 0.5) is 0 Å². The quantitative estimate of drug-likeness (QED) is 0.796. The van der Waals surface area contributed by atoms with E-state index in [9.17, 15) is 5.26 Å². The molecular weight excluding hydrogens is 258 g/mol. The summed E-state index contributed by atoms with van der Waals surface area (Å²) in [6, 6.07) is 13.0. The van der Waals surface area contributed by atoms with Crippen molar-refractivity contribution in [3.63, 3.8) is 0 Å². The number of rotatable bonds is 8. The number of nitriles is 1. The fourth-order valence-corrected chi connectivity index (χ4v) is 2.74. The Morgan fingerprint density at radius 1 is 1.24 bits per heavy atom. The first-order valence-electron chi connectivity index (χ1n) is 7.81. The summed E-state index contributed by atoms with van der Waals surface area (Å²) in [5.74, 6) is 0.696. The van der Waals surface area contributed by atoms with Crippen molar-refractivity contribution in [3.8, 4) is 6.07 Å². The fraction of sp³-hybridized carbons (Fsp3) is 0.611. The van der Waals surface area contributed by atoms with E-state index in [1.165, 1.54) is 6.42 Å². The second kappa shape index (κ2) is 8.17. The molecule has 2 atom stereocenters. The van der Waals surface area contributed by atoms with Crippen LogP contribution in [-0.4, -0.2) is 31.6 Å². The molecule has 0 fully saturated rings. The Morgan fingerprint density at radius 2 is 1.86 bits per heavy atom. The van der Waals surface area contributed by atoms with E-state index in [0.29, 0.717) is 12.0 Å². The standard InChI is InChI=1S/C18H29N3/c1-15(2)13-16(3)21(5)12-11-18(14-19,20-4)17-9-7-6-8-10-17/h6-10,15-16,20H,11-13H2,1-5H3. The van der Waals surface area contributed by atoms with Gasteiger partial charge in [-0.25, -0.2) is 0 Å². The van der Waals surface area contributed by atoms with Crippen LogP contribution in [0.2, 0.25) is 0 Å². The highest BCUT2D eigenvalue weighted by Gasteiger charge is 2.30. The van der Waals surface area contributed by atoms with Gasteiger partial charge < -0.3 is 4.90 Å². The van der Waals surface area contributed by atoms with Crippen LogP contribution in [0.5, 0.6) is 0 Å². The van der Waals surface area contributed by atoms with Crippen LogP contribution in [0.15, 0.2) is 30.3 Å². The van der Waals surface area contributed by atoms with E-state index < -0.39 is 5.54 Å². The zero-order valence-electron chi connectivity index (χ0n) is 14.1. The van der Waals surface area contributed by atoms with Crippen LogP contribution in [-0.2, 0) is 5.54 Å². The van der Waals surface area contributed by atoms with Gasteiger partial charge in [0.1, 0.15) is 5.54 Å². The molecule has 116 valence electrons. The number of benzene rings is 1. The maximum Gasteiger partial charge on any atom is 0.133 e.